The van der Waals surface area contributed by atoms with E-state index >= 15 is 0 Å². The lowest BCUT2D eigenvalue weighted by Gasteiger charge is -2.27. The van der Waals surface area contributed by atoms with Gasteiger partial charge in [-0.25, -0.2) is 9.59 Å². The lowest BCUT2D eigenvalue weighted by Crippen LogP contribution is -2.44. The summed E-state index contributed by atoms with van der Waals surface area (Å²) in [6.07, 6.45) is 3.63. The predicted molar refractivity (Wildman–Crippen MR) is 73.3 cm³/mol. The van der Waals surface area contributed by atoms with Crippen LogP contribution in [0.5, 0.6) is 0 Å². The lowest BCUT2D eigenvalue weighted by atomic mass is 10.00. The quantitative estimate of drug-likeness (QED) is 0.767. The molecule has 2 N–H and O–H groups in total. The monoisotopic (exact) mass is 283 g/mol. The van der Waals surface area contributed by atoms with E-state index < -0.39 is 29.3 Å². The number of likely N-dealkylation sites (tertiary alicyclic amines) is 1. The molecule has 0 aromatic carbocycles. The molecule has 1 saturated heterocycles. The van der Waals surface area contributed by atoms with Gasteiger partial charge in [-0.1, -0.05) is 24.8 Å². The number of ether oxygens (including phenoxy) is 1. The maximum atomic E-state index is 12.0. The minimum Gasteiger partial charge on any atom is -0.480 e. The molecule has 0 spiro atoms. The van der Waals surface area contributed by atoms with Crippen LogP contribution in [-0.2, 0) is 9.53 Å². The average molecular weight is 283 g/mol. The number of carboxylic acid groups (broad SMARTS) is 1. The maximum Gasteiger partial charge on any atom is 0.411 e. The van der Waals surface area contributed by atoms with Crippen molar-refractivity contribution >= 4 is 12.1 Å². The Morgan fingerprint density at radius 1 is 1.45 bits per heavy atom. The molecule has 0 saturated carbocycles. The molecule has 0 aliphatic carbocycles. The first-order valence-corrected chi connectivity index (χ1v) is 6.33. The van der Waals surface area contributed by atoms with Crippen molar-refractivity contribution in [2.75, 3.05) is 6.54 Å². The van der Waals surface area contributed by atoms with Crippen LogP contribution in [0.1, 0.15) is 27.2 Å². The Bertz CT molecular complexity index is 437. The van der Waals surface area contributed by atoms with Gasteiger partial charge in [-0.05, 0) is 20.8 Å². The summed E-state index contributed by atoms with van der Waals surface area (Å²) >= 11 is 0. The molecule has 112 valence electrons. The number of nitrogens with zero attached hydrogens (tertiary/aromatic N) is 1. The second-order valence-electron chi connectivity index (χ2n) is 5.86. The summed E-state index contributed by atoms with van der Waals surface area (Å²) in [7, 11) is 0. The number of β-amino-alcohol motifs (C(OH)–C–C–N with tert-alkyl or cyclic N) is 1. The number of carboxylic acids is 1. The number of rotatable bonds is 3. The Balaban J connectivity index is 2.93. The highest BCUT2D eigenvalue weighted by atomic mass is 16.6. The summed E-state index contributed by atoms with van der Waals surface area (Å²) in [6.45, 7) is 8.45. The second-order valence-corrected chi connectivity index (χ2v) is 5.86. The Kier molecular flexibility index (Phi) is 4.60. The van der Waals surface area contributed by atoms with E-state index in [0.717, 1.165) is 4.90 Å². The smallest absolute Gasteiger partial charge is 0.411 e. The molecule has 1 heterocycles. The minimum absolute atomic E-state index is 0.0775. The molecule has 1 amide bonds. The van der Waals surface area contributed by atoms with Gasteiger partial charge in [-0.2, -0.15) is 0 Å². The van der Waals surface area contributed by atoms with Gasteiger partial charge < -0.3 is 14.9 Å². The molecule has 0 aromatic heterocycles. The van der Waals surface area contributed by atoms with Crippen LogP contribution < -0.4 is 0 Å². The number of hydrogen-bond acceptors (Lipinski definition) is 4. The van der Waals surface area contributed by atoms with Crippen molar-refractivity contribution in [2.24, 2.45) is 0 Å². The van der Waals surface area contributed by atoms with Crippen LogP contribution in [0.15, 0.2) is 24.8 Å². The van der Waals surface area contributed by atoms with E-state index in [-0.39, 0.29) is 13.0 Å². The zero-order valence-electron chi connectivity index (χ0n) is 12.0. The molecule has 1 rings (SSSR count). The number of aliphatic hydroxyl groups is 1. The summed E-state index contributed by atoms with van der Waals surface area (Å²) in [5, 5.41) is 19.5. The molecule has 6 heteroatoms. The molecule has 0 radical (unpaired) electrons. The Morgan fingerprint density at radius 2 is 2.05 bits per heavy atom. The van der Waals surface area contributed by atoms with Gasteiger partial charge in [0.2, 0.25) is 0 Å². The topological polar surface area (TPSA) is 87.1 Å². The SMILES string of the molecule is C=C/C=C\C1(O)C[C@H](C(=O)O)N(C(=O)OC(C)(C)C)C1. The van der Waals surface area contributed by atoms with Crippen molar-refractivity contribution in [2.45, 2.75) is 44.4 Å². The second kappa shape index (κ2) is 5.66. The summed E-state index contributed by atoms with van der Waals surface area (Å²) in [6, 6.07) is -1.11. The molecule has 1 fully saturated rings. The van der Waals surface area contributed by atoms with Crippen LogP contribution in [0.4, 0.5) is 4.79 Å². The summed E-state index contributed by atoms with van der Waals surface area (Å²) in [5.74, 6) is -1.17. The molecule has 0 bridgehead atoms. The van der Waals surface area contributed by atoms with Gasteiger partial charge in [0, 0.05) is 6.42 Å². The number of carbonyl (C=O) groups is 2. The summed E-state index contributed by atoms with van der Waals surface area (Å²) < 4.78 is 5.17. The fourth-order valence-corrected chi connectivity index (χ4v) is 2.02. The van der Waals surface area contributed by atoms with Gasteiger partial charge in [0.1, 0.15) is 17.2 Å². The van der Waals surface area contributed by atoms with E-state index in [1.165, 1.54) is 18.2 Å². The fourth-order valence-electron chi connectivity index (χ4n) is 2.02. The van der Waals surface area contributed by atoms with E-state index in [9.17, 15) is 19.8 Å². The van der Waals surface area contributed by atoms with Crippen molar-refractivity contribution in [3.63, 3.8) is 0 Å². The largest absolute Gasteiger partial charge is 0.480 e. The van der Waals surface area contributed by atoms with Gasteiger partial charge in [-0.3, -0.25) is 4.90 Å². The van der Waals surface area contributed by atoms with Gasteiger partial charge in [0.05, 0.1) is 6.54 Å². The molecule has 6 nitrogen and oxygen atoms in total. The Labute approximate surface area is 118 Å². The van der Waals surface area contributed by atoms with Crippen molar-refractivity contribution in [1.82, 2.24) is 4.90 Å². The maximum absolute atomic E-state index is 12.0. The lowest BCUT2D eigenvalue weighted by molar-refractivity contribution is -0.142. The molecular formula is C14H21NO5. The standard InChI is InChI=1S/C14H21NO5/c1-5-6-7-14(19)8-10(11(16)17)15(9-14)12(18)20-13(2,3)4/h5-7,10,19H,1,8-9H2,2-4H3,(H,16,17)/b7-6-/t10-,14?/m1/s1. The Hall–Kier alpha value is -1.82. The van der Waals surface area contributed by atoms with Crippen LogP contribution in [0, 0.1) is 0 Å². The van der Waals surface area contributed by atoms with Crippen LogP contribution in [0.2, 0.25) is 0 Å². The van der Waals surface area contributed by atoms with Gasteiger partial charge in [-0.15, -0.1) is 0 Å². The van der Waals surface area contributed by atoms with E-state index in [4.69, 9.17) is 4.74 Å². The third kappa shape index (κ3) is 4.09. The highest BCUT2D eigenvalue weighted by Gasteiger charge is 2.47. The third-order valence-electron chi connectivity index (χ3n) is 2.82. The van der Waals surface area contributed by atoms with Crippen molar-refractivity contribution in [1.29, 1.82) is 0 Å². The van der Waals surface area contributed by atoms with E-state index in [2.05, 4.69) is 6.58 Å². The predicted octanol–water partition coefficient (Wildman–Crippen LogP) is 1.55. The molecule has 2 atom stereocenters. The highest BCUT2D eigenvalue weighted by molar-refractivity contribution is 5.81. The van der Waals surface area contributed by atoms with Crippen molar-refractivity contribution < 1.29 is 24.5 Å². The van der Waals surface area contributed by atoms with Crippen LogP contribution >= 0.6 is 0 Å². The van der Waals surface area contributed by atoms with E-state index in [1.54, 1.807) is 20.8 Å². The van der Waals surface area contributed by atoms with E-state index in [0.29, 0.717) is 0 Å². The first-order chi connectivity index (χ1) is 9.08. The first kappa shape index (κ1) is 16.2. The van der Waals surface area contributed by atoms with Crippen LogP contribution in [-0.4, -0.2) is 51.0 Å². The van der Waals surface area contributed by atoms with Crippen molar-refractivity contribution in [3.05, 3.63) is 24.8 Å². The zero-order valence-corrected chi connectivity index (χ0v) is 12.0. The zero-order chi connectivity index (χ0) is 15.6. The first-order valence-electron chi connectivity index (χ1n) is 6.33. The summed E-state index contributed by atoms with van der Waals surface area (Å²) in [4.78, 5) is 24.3. The third-order valence-corrected chi connectivity index (χ3v) is 2.82. The number of hydrogen-bond donors (Lipinski definition) is 2. The van der Waals surface area contributed by atoms with Crippen LogP contribution in [0.3, 0.4) is 0 Å². The number of amides is 1. The van der Waals surface area contributed by atoms with Gasteiger partial charge >= 0.3 is 12.1 Å². The molecule has 20 heavy (non-hydrogen) atoms. The number of carbonyl (C=O) groups excluding carboxylic acids is 1. The Morgan fingerprint density at radius 3 is 2.50 bits per heavy atom. The van der Waals surface area contributed by atoms with Gasteiger partial charge in [0.15, 0.2) is 0 Å². The molecule has 0 aromatic rings. The minimum atomic E-state index is -1.38. The average Bonchev–Trinajstić information content (AvgIpc) is 2.64. The number of aliphatic carboxylic acids is 1. The molecule has 1 aliphatic heterocycles. The fraction of sp³-hybridized carbons (Fsp3) is 0.571. The van der Waals surface area contributed by atoms with E-state index in [1.807, 2.05) is 0 Å². The van der Waals surface area contributed by atoms with Gasteiger partial charge in [0.25, 0.3) is 0 Å². The molecule has 1 aliphatic rings. The summed E-state index contributed by atoms with van der Waals surface area (Å²) in [5.41, 5.74) is -2.11. The van der Waals surface area contributed by atoms with Crippen molar-refractivity contribution in [3.8, 4) is 0 Å². The number of allylic oxidation sites excluding steroid dienone is 2. The molecule has 1 unspecified atom stereocenters. The van der Waals surface area contributed by atoms with Crippen LogP contribution in [0.25, 0.3) is 0 Å². The molecular weight excluding hydrogens is 262 g/mol. The normalized spacial score (nSPS) is 26.8. The highest BCUT2D eigenvalue weighted by Crippen LogP contribution is 2.30.